The summed E-state index contributed by atoms with van der Waals surface area (Å²) in [5, 5.41) is 8.36. The number of rotatable bonds is 14. The first-order valence-electron chi connectivity index (χ1n) is 15.7. The molecule has 240 valence electrons. The second kappa shape index (κ2) is 14.7. The Kier molecular flexibility index (Phi) is 11.2. The molecule has 44 heavy (non-hydrogen) atoms. The Hall–Kier alpha value is -3.24. The van der Waals surface area contributed by atoms with Crippen molar-refractivity contribution in [2.45, 2.75) is 103 Å². The van der Waals surface area contributed by atoms with Crippen LogP contribution in [0.4, 0.5) is 10.2 Å². The van der Waals surface area contributed by atoms with Gasteiger partial charge in [-0.15, -0.1) is 0 Å². The summed E-state index contributed by atoms with van der Waals surface area (Å²) < 4.78 is 33.7. The van der Waals surface area contributed by atoms with Crippen LogP contribution in [0.15, 0.2) is 36.4 Å². The number of pyridine rings is 1. The number of hydrogen-bond acceptors (Lipinski definition) is 7. The average Bonchev–Trinajstić information content (AvgIpc) is 3.35. The maximum Gasteiger partial charge on any atom is 0.307 e. The molecule has 3 heterocycles. The number of fused-ring (bicyclic) bond motifs is 1. The summed E-state index contributed by atoms with van der Waals surface area (Å²) in [6.45, 7) is 14.4. The molecule has 2 aromatic heterocycles. The van der Waals surface area contributed by atoms with E-state index in [4.69, 9.17) is 24.3 Å². The van der Waals surface area contributed by atoms with E-state index in [9.17, 15) is 9.18 Å². The number of ether oxygens (including phenoxy) is 3. The van der Waals surface area contributed by atoms with Crippen LogP contribution in [0.3, 0.4) is 0 Å². The van der Waals surface area contributed by atoms with Gasteiger partial charge in [0.25, 0.3) is 0 Å². The molecule has 0 bridgehead atoms. The number of esters is 1. The van der Waals surface area contributed by atoms with Crippen LogP contribution in [0.1, 0.15) is 74.2 Å². The summed E-state index contributed by atoms with van der Waals surface area (Å²) in [5.74, 6) is -0.194. The molecular weight excluding hydrogens is 575 g/mol. The van der Waals surface area contributed by atoms with E-state index < -0.39 is 25.4 Å². The van der Waals surface area contributed by atoms with Gasteiger partial charge in [-0.1, -0.05) is 31.8 Å². The van der Waals surface area contributed by atoms with Crippen molar-refractivity contribution < 1.29 is 23.4 Å². The van der Waals surface area contributed by atoms with Crippen LogP contribution in [0, 0.1) is 5.82 Å². The predicted octanol–water partition coefficient (Wildman–Crippen LogP) is 7.14. The molecule has 10 heteroatoms. The normalized spacial score (nSPS) is 14.1. The van der Waals surface area contributed by atoms with E-state index in [0.29, 0.717) is 24.6 Å². The zero-order valence-corrected chi connectivity index (χ0v) is 28.5. The topological polar surface area (TPSA) is 87.5 Å². The highest BCUT2D eigenvalue weighted by atomic mass is 28.3. The number of methoxy groups -OCH3 is 1. The number of carbonyl (C=O) groups is 1. The van der Waals surface area contributed by atoms with E-state index in [2.05, 4.69) is 37.1 Å². The van der Waals surface area contributed by atoms with Gasteiger partial charge in [-0.05, 0) is 94.3 Å². The zero-order chi connectivity index (χ0) is 31.9. The molecule has 0 saturated carbocycles. The van der Waals surface area contributed by atoms with Crippen molar-refractivity contribution in [1.29, 1.82) is 0 Å². The van der Waals surface area contributed by atoms with E-state index in [-0.39, 0.29) is 18.1 Å². The number of nitrogens with zero attached hydrogens (tertiary/aromatic N) is 3. The van der Waals surface area contributed by atoms with E-state index in [1.807, 2.05) is 31.5 Å². The van der Waals surface area contributed by atoms with Gasteiger partial charge in [0, 0.05) is 38.5 Å². The Bertz CT molecular complexity index is 1410. The molecular formula is C34H49FN4O4Si. The number of aromatic nitrogens is 3. The molecule has 1 aliphatic heterocycles. The van der Waals surface area contributed by atoms with Gasteiger partial charge in [-0.2, -0.15) is 5.10 Å². The lowest BCUT2D eigenvalue weighted by Gasteiger charge is -2.22. The van der Waals surface area contributed by atoms with Gasteiger partial charge in [-0.25, -0.2) is 14.1 Å². The van der Waals surface area contributed by atoms with Gasteiger partial charge in [0.15, 0.2) is 11.6 Å². The molecule has 3 aromatic rings. The Balaban J connectivity index is 1.58. The summed E-state index contributed by atoms with van der Waals surface area (Å²) in [4.78, 5) is 17.9. The second-order valence-corrected chi connectivity index (χ2v) is 19.5. The molecule has 0 spiro atoms. The lowest BCUT2D eigenvalue weighted by Crippen LogP contribution is -2.25. The minimum atomic E-state index is -1.25. The standard InChI is InChI=1S/C34H49FN4O4Si/c1-34(2,3)43-32(40)22-28(25-14-16-31(41-4)29(35)20-25)30-21-27(39(38-30)23-42-18-19-44(5,6)7)12-8-11-26-15-13-24-10-9-17-36-33(24)37-26/h13-16,20-21,28H,8-12,17-19,22-23H2,1-7H3,(H,36,37). The molecule has 1 unspecified atom stereocenters. The minimum Gasteiger partial charge on any atom is -0.494 e. The molecule has 0 radical (unpaired) electrons. The summed E-state index contributed by atoms with van der Waals surface area (Å²) in [6, 6.07) is 12.2. The number of halogens is 1. The first-order chi connectivity index (χ1) is 20.8. The number of benzene rings is 1. The van der Waals surface area contributed by atoms with Crippen molar-refractivity contribution in [1.82, 2.24) is 14.8 Å². The highest BCUT2D eigenvalue weighted by Crippen LogP contribution is 2.32. The van der Waals surface area contributed by atoms with Crippen molar-refractivity contribution >= 4 is 19.9 Å². The van der Waals surface area contributed by atoms with Crippen LogP contribution in [-0.2, 0) is 40.3 Å². The Morgan fingerprint density at radius 1 is 1.14 bits per heavy atom. The molecule has 0 saturated heterocycles. The monoisotopic (exact) mass is 624 g/mol. The lowest BCUT2D eigenvalue weighted by atomic mass is 9.91. The molecule has 1 N–H and O–H groups in total. The molecule has 1 aromatic carbocycles. The van der Waals surface area contributed by atoms with Crippen molar-refractivity contribution in [2.75, 3.05) is 25.6 Å². The van der Waals surface area contributed by atoms with Crippen LogP contribution in [0.25, 0.3) is 0 Å². The quantitative estimate of drug-likeness (QED) is 0.116. The third kappa shape index (κ3) is 9.89. The molecule has 4 rings (SSSR count). The van der Waals surface area contributed by atoms with Gasteiger partial charge in [0.2, 0.25) is 0 Å². The van der Waals surface area contributed by atoms with E-state index in [1.54, 1.807) is 12.1 Å². The molecule has 1 aliphatic rings. The average molecular weight is 625 g/mol. The van der Waals surface area contributed by atoms with Gasteiger partial charge in [0.05, 0.1) is 19.2 Å². The molecule has 0 aliphatic carbocycles. The first-order valence-corrected chi connectivity index (χ1v) is 19.4. The highest BCUT2D eigenvalue weighted by Gasteiger charge is 2.27. The number of aryl methyl sites for hydroxylation is 3. The van der Waals surface area contributed by atoms with E-state index in [0.717, 1.165) is 61.9 Å². The van der Waals surface area contributed by atoms with Gasteiger partial charge >= 0.3 is 5.97 Å². The van der Waals surface area contributed by atoms with Crippen LogP contribution >= 0.6 is 0 Å². The van der Waals surface area contributed by atoms with Crippen molar-refractivity contribution in [3.63, 3.8) is 0 Å². The lowest BCUT2D eigenvalue weighted by molar-refractivity contribution is -0.155. The van der Waals surface area contributed by atoms with Crippen LogP contribution in [0.2, 0.25) is 25.7 Å². The SMILES string of the molecule is COc1ccc(C(CC(=O)OC(C)(C)C)c2cc(CCCc3ccc4c(n3)NCCC4)n(COCC[Si](C)(C)C)n2)cc1F. The van der Waals surface area contributed by atoms with Gasteiger partial charge in [-0.3, -0.25) is 4.79 Å². The highest BCUT2D eigenvalue weighted by molar-refractivity contribution is 6.76. The van der Waals surface area contributed by atoms with Crippen LogP contribution < -0.4 is 10.1 Å². The molecule has 1 atom stereocenters. The van der Waals surface area contributed by atoms with Gasteiger partial charge in [0.1, 0.15) is 18.1 Å². The summed E-state index contributed by atoms with van der Waals surface area (Å²) in [5.41, 5.74) is 4.03. The minimum absolute atomic E-state index is 0.0298. The number of anilines is 1. The van der Waals surface area contributed by atoms with E-state index >= 15 is 0 Å². The third-order valence-electron chi connectivity index (χ3n) is 7.64. The predicted molar refractivity (Wildman–Crippen MR) is 175 cm³/mol. The smallest absolute Gasteiger partial charge is 0.307 e. The number of hydrogen-bond donors (Lipinski definition) is 1. The van der Waals surface area contributed by atoms with Crippen molar-refractivity contribution in [2.24, 2.45) is 0 Å². The summed E-state index contributed by atoms with van der Waals surface area (Å²) in [7, 11) is 0.183. The number of nitrogens with one attached hydrogen (secondary N) is 1. The zero-order valence-electron chi connectivity index (χ0n) is 27.5. The molecule has 0 fully saturated rings. The fourth-order valence-electron chi connectivity index (χ4n) is 5.29. The van der Waals surface area contributed by atoms with Crippen molar-refractivity contribution in [3.05, 3.63) is 70.4 Å². The first kappa shape index (κ1) is 33.6. The van der Waals surface area contributed by atoms with E-state index in [1.165, 1.54) is 18.7 Å². The maximum atomic E-state index is 14.9. The Morgan fingerprint density at radius 2 is 1.93 bits per heavy atom. The largest absolute Gasteiger partial charge is 0.494 e. The maximum absolute atomic E-state index is 14.9. The van der Waals surface area contributed by atoms with Crippen LogP contribution in [0.5, 0.6) is 5.75 Å². The fourth-order valence-corrected chi connectivity index (χ4v) is 6.05. The molecule has 0 amide bonds. The molecule has 8 nitrogen and oxygen atoms in total. The third-order valence-corrected chi connectivity index (χ3v) is 9.34. The van der Waals surface area contributed by atoms with Crippen molar-refractivity contribution in [3.8, 4) is 5.75 Å². The summed E-state index contributed by atoms with van der Waals surface area (Å²) >= 11 is 0. The van der Waals surface area contributed by atoms with Gasteiger partial charge < -0.3 is 19.5 Å². The fraction of sp³-hybridized carbons (Fsp3) is 0.559. The summed E-state index contributed by atoms with van der Waals surface area (Å²) in [6.07, 6.45) is 4.70. The Labute approximate surface area is 262 Å². The Morgan fingerprint density at radius 3 is 2.64 bits per heavy atom. The second-order valence-electron chi connectivity index (χ2n) is 13.8. The number of carbonyl (C=O) groups excluding carboxylic acids is 1. The van der Waals surface area contributed by atoms with Crippen LogP contribution in [-0.4, -0.2) is 54.7 Å².